The molecule has 3 rings (SSSR count). The number of nitrogens with one attached hydrogen (secondary N) is 1. The Balaban J connectivity index is 1.65. The highest BCUT2D eigenvalue weighted by molar-refractivity contribution is 5.90. The van der Waals surface area contributed by atoms with Gasteiger partial charge in [-0.2, -0.15) is 5.10 Å². The summed E-state index contributed by atoms with van der Waals surface area (Å²) < 4.78 is 6.81. The number of carbonyl (C=O) groups excluding carboxylic acids is 3. The Morgan fingerprint density at radius 3 is 2.66 bits per heavy atom. The molecular weight excluding hydrogens is 374 g/mol. The third kappa shape index (κ3) is 5.24. The van der Waals surface area contributed by atoms with Crippen molar-refractivity contribution in [1.29, 1.82) is 0 Å². The number of rotatable bonds is 4. The van der Waals surface area contributed by atoms with Crippen LogP contribution in [0.1, 0.15) is 27.7 Å². The lowest BCUT2D eigenvalue weighted by Gasteiger charge is -2.33. The van der Waals surface area contributed by atoms with Crippen LogP contribution in [0, 0.1) is 0 Å². The lowest BCUT2D eigenvalue weighted by molar-refractivity contribution is -0.145. The van der Waals surface area contributed by atoms with Gasteiger partial charge in [0.25, 0.3) is 0 Å². The van der Waals surface area contributed by atoms with E-state index >= 15 is 0 Å². The summed E-state index contributed by atoms with van der Waals surface area (Å²) in [7, 11) is 0. The van der Waals surface area contributed by atoms with Crippen molar-refractivity contribution >= 4 is 34.5 Å². The van der Waals surface area contributed by atoms with Gasteiger partial charge in [-0.3, -0.25) is 19.6 Å². The summed E-state index contributed by atoms with van der Waals surface area (Å²) in [6.07, 6.45) is 1.22. The number of anilines is 1. The van der Waals surface area contributed by atoms with E-state index in [1.807, 2.05) is 6.92 Å². The van der Waals surface area contributed by atoms with Crippen molar-refractivity contribution in [3.8, 4) is 0 Å². The normalized spacial score (nSPS) is 15.0. The van der Waals surface area contributed by atoms with Crippen LogP contribution in [0.15, 0.2) is 24.4 Å². The maximum absolute atomic E-state index is 12.6. The lowest BCUT2D eigenvalue weighted by atomic mass is 10.2. The molecule has 3 amide bonds. The van der Waals surface area contributed by atoms with E-state index in [0.717, 1.165) is 5.39 Å². The third-order valence-corrected chi connectivity index (χ3v) is 4.55. The smallest absolute Gasteiger partial charge is 0.412 e. The zero-order chi connectivity index (χ0) is 21.2. The monoisotopic (exact) mass is 401 g/mol. The molecule has 9 heteroatoms. The van der Waals surface area contributed by atoms with E-state index in [4.69, 9.17) is 4.74 Å². The fourth-order valence-electron chi connectivity index (χ4n) is 3.15. The average molecular weight is 401 g/mol. The standard InChI is InChI=1S/C20H27N5O4/c1-5-23-8-9-24(12-17(23)26)18(27)13-25-11-14-10-15(6-7-16(14)22-25)21-19(28)29-20(2,3)4/h6-7,10-11H,5,8-9,12-13H2,1-4H3,(H,21,28). The minimum Gasteiger partial charge on any atom is -0.444 e. The highest BCUT2D eigenvalue weighted by Crippen LogP contribution is 2.19. The highest BCUT2D eigenvalue weighted by atomic mass is 16.6. The molecule has 2 aromatic rings. The molecule has 1 aromatic heterocycles. The Bertz CT molecular complexity index is 931. The van der Waals surface area contributed by atoms with Crippen molar-refractivity contribution in [2.24, 2.45) is 0 Å². The predicted octanol–water partition coefficient (Wildman–Crippen LogP) is 2.07. The van der Waals surface area contributed by atoms with Crippen LogP contribution in [-0.4, -0.2) is 69.3 Å². The second kappa shape index (κ2) is 8.10. The average Bonchev–Trinajstić information content (AvgIpc) is 3.01. The van der Waals surface area contributed by atoms with E-state index in [9.17, 15) is 14.4 Å². The van der Waals surface area contributed by atoms with E-state index in [0.29, 0.717) is 30.8 Å². The Labute approximate surface area is 169 Å². The summed E-state index contributed by atoms with van der Waals surface area (Å²) in [5.74, 6) is -0.176. The van der Waals surface area contributed by atoms with Gasteiger partial charge < -0.3 is 14.5 Å². The third-order valence-electron chi connectivity index (χ3n) is 4.55. The number of ether oxygens (including phenoxy) is 1. The van der Waals surface area contributed by atoms with E-state index in [2.05, 4.69) is 10.4 Å². The minimum absolute atomic E-state index is 0.0319. The molecule has 9 nitrogen and oxygen atoms in total. The Morgan fingerprint density at radius 2 is 2.00 bits per heavy atom. The zero-order valence-electron chi connectivity index (χ0n) is 17.3. The maximum Gasteiger partial charge on any atom is 0.412 e. The number of hydrogen-bond donors (Lipinski definition) is 1. The van der Waals surface area contributed by atoms with E-state index in [1.54, 1.807) is 59.6 Å². The van der Waals surface area contributed by atoms with Crippen LogP contribution in [0.25, 0.3) is 10.9 Å². The van der Waals surface area contributed by atoms with E-state index in [1.165, 1.54) is 0 Å². The summed E-state index contributed by atoms with van der Waals surface area (Å²) in [5, 5.41) is 7.89. The van der Waals surface area contributed by atoms with Crippen LogP contribution in [0.2, 0.25) is 0 Å². The fraction of sp³-hybridized carbons (Fsp3) is 0.500. The molecule has 1 saturated heterocycles. The van der Waals surface area contributed by atoms with Gasteiger partial charge in [-0.05, 0) is 45.9 Å². The van der Waals surface area contributed by atoms with Gasteiger partial charge in [0.2, 0.25) is 11.8 Å². The number of piperazine rings is 1. The van der Waals surface area contributed by atoms with Gasteiger partial charge in [0.1, 0.15) is 12.1 Å². The summed E-state index contributed by atoms with van der Waals surface area (Å²) in [5.41, 5.74) is 0.710. The second-order valence-corrected chi connectivity index (χ2v) is 8.02. The number of benzene rings is 1. The minimum atomic E-state index is -0.580. The fourth-order valence-corrected chi connectivity index (χ4v) is 3.15. The summed E-state index contributed by atoms with van der Waals surface area (Å²) in [6.45, 7) is 9.23. The van der Waals surface area contributed by atoms with Crippen molar-refractivity contribution in [2.45, 2.75) is 39.8 Å². The summed E-state index contributed by atoms with van der Waals surface area (Å²) in [4.78, 5) is 39.8. The molecule has 29 heavy (non-hydrogen) atoms. The Morgan fingerprint density at radius 1 is 1.24 bits per heavy atom. The van der Waals surface area contributed by atoms with Crippen molar-refractivity contribution in [3.63, 3.8) is 0 Å². The molecule has 1 aliphatic heterocycles. The molecule has 2 heterocycles. The number of aromatic nitrogens is 2. The lowest BCUT2D eigenvalue weighted by Crippen LogP contribution is -2.52. The van der Waals surface area contributed by atoms with E-state index in [-0.39, 0.29) is 24.9 Å². The number of carbonyl (C=O) groups is 3. The molecular formula is C20H27N5O4. The number of hydrogen-bond acceptors (Lipinski definition) is 5. The van der Waals surface area contributed by atoms with Gasteiger partial charge in [0.05, 0.1) is 12.1 Å². The number of fused-ring (bicyclic) bond motifs is 1. The Hall–Kier alpha value is -3.10. The molecule has 1 aromatic carbocycles. The second-order valence-electron chi connectivity index (χ2n) is 8.02. The van der Waals surface area contributed by atoms with Gasteiger partial charge in [0, 0.05) is 36.9 Å². The van der Waals surface area contributed by atoms with Crippen LogP contribution < -0.4 is 5.32 Å². The van der Waals surface area contributed by atoms with Gasteiger partial charge in [-0.25, -0.2) is 4.79 Å². The van der Waals surface area contributed by atoms with Crippen LogP contribution in [0.4, 0.5) is 10.5 Å². The first-order valence-electron chi connectivity index (χ1n) is 9.67. The number of nitrogens with zero attached hydrogens (tertiary/aromatic N) is 4. The van der Waals surface area contributed by atoms with Crippen molar-refractivity contribution < 1.29 is 19.1 Å². The van der Waals surface area contributed by atoms with Crippen LogP contribution in [0.5, 0.6) is 0 Å². The van der Waals surface area contributed by atoms with Crippen molar-refractivity contribution in [2.75, 3.05) is 31.5 Å². The van der Waals surface area contributed by atoms with Crippen LogP contribution in [0.3, 0.4) is 0 Å². The van der Waals surface area contributed by atoms with Gasteiger partial charge in [-0.1, -0.05) is 0 Å². The maximum atomic E-state index is 12.6. The number of amides is 3. The summed E-state index contributed by atoms with van der Waals surface area (Å²) >= 11 is 0. The predicted molar refractivity (Wildman–Crippen MR) is 108 cm³/mol. The SMILES string of the molecule is CCN1CCN(C(=O)Cn2cc3cc(NC(=O)OC(C)(C)C)ccc3n2)CC1=O. The number of likely N-dealkylation sites (N-methyl/N-ethyl adjacent to an activating group) is 1. The quantitative estimate of drug-likeness (QED) is 0.846. The Kier molecular flexibility index (Phi) is 5.76. The molecule has 0 bridgehead atoms. The molecule has 0 radical (unpaired) electrons. The summed E-state index contributed by atoms with van der Waals surface area (Å²) in [6, 6.07) is 5.28. The first kappa shape index (κ1) is 20.6. The molecule has 0 aliphatic carbocycles. The van der Waals surface area contributed by atoms with Crippen molar-refractivity contribution in [1.82, 2.24) is 19.6 Å². The van der Waals surface area contributed by atoms with Crippen LogP contribution in [-0.2, 0) is 20.9 Å². The molecule has 0 saturated carbocycles. The first-order valence-corrected chi connectivity index (χ1v) is 9.67. The molecule has 1 aliphatic rings. The molecule has 0 atom stereocenters. The van der Waals surface area contributed by atoms with Gasteiger partial charge in [0.15, 0.2) is 0 Å². The molecule has 0 unspecified atom stereocenters. The van der Waals surface area contributed by atoms with E-state index < -0.39 is 11.7 Å². The molecule has 156 valence electrons. The molecule has 1 N–H and O–H groups in total. The topological polar surface area (TPSA) is 96.8 Å². The highest BCUT2D eigenvalue weighted by Gasteiger charge is 2.26. The van der Waals surface area contributed by atoms with Gasteiger partial charge in [-0.15, -0.1) is 0 Å². The van der Waals surface area contributed by atoms with Gasteiger partial charge >= 0.3 is 6.09 Å². The molecule has 0 spiro atoms. The van der Waals surface area contributed by atoms with Crippen LogP contribution >= 0.6 is 0 Å². The van der Waals surface area contributed by atoms with Crippen molar-refractivity contribution in [3.05, 3.63) is 24.4 Å². The molecule has 1 fully saturated rings. The largest absolute Gasteiger partial charge is 0.444 e. The first-order chi connectivity index (χ1) is 13.6. The zero-order valence-corrected chi connectivity index (χ0v) is 17.3.